The van der Waals surface area contributed by atoms with E-state index in [2.05, 4.69) is 23.3 Å². The van der Waals surface area contributed by atoms with Gasteiger partial charge in [0, 0.05) is 19.1 Å². The molecule has 1 aliphatic rings. The molecule has 13 heavy (non-hydrogen) atoms. The first-order valence-corrected chi connectivity index (χ1v) is 5.04. The largest absolute Gasteiger partial charge is 0.313 e. The number of nitriles is 1. The van der Waals surface area contributed by atoms with Crippen LogP contribution in [0.2, 0.25) is 0 Å². The molecule has 74 valence electrons. The van der Waals surface area contributed by atoms with Gasteiger partial charge in [0.1, 0.15) is 0 Å². The zero-order chi connectivity index (χ0) is 9.68. The van der Waals surface area contributed by atoms with E-state index < -0.39 is 0 Å². The lowest BCUT2D eigenvalue weighted by molar-refractivity contribution is 0.282. The fourth-order valence-corrected chi connectivity index (χ4v) is 1.87. The van der Waals surface area contributed by atoms with Crippen LogP contribution in [0.5, 0.6) is 0 Å². The van der Waals surface area contributed by atoms with E-state index in [0.717, 1.165) is 19.6 Å². The summed E-state index contributed by atoms with van der Waals surface area (Å²) in [7, 11) is 2.09. The van der Waals surface area contributed by atoms with Crippen LogP contribution in [-0.2, 0) is 0 Å². The molecule has 0 aliphatic carbocycles. The number of hydrogen-bond acceptors (Lipinski definition) is 3. The topological polar surface area (TPSA) is 39.1 Å². The number of nitrogens with one attached hydrogen (secondary N) is 1. The molecule has 2 atom stereocenters. The molecular formula is C10H19N3. The maximum atomic E-state index is 8.65. The number of hydrogen-bond donors (Lipinski definition) is 1. The second kappa shape index (κ2) is 5.21. The maximum Gasteiger partial charge on any atom is 0.0666 e. The van der Waals surface area contributed by atoms with E-state index >= 15 is 0 Å². The lowest BCUT2D eigenvalue weighted by atomic mass is 10.1. The van der Waals surface area contributed by atoms with Gasteiger partial charge in [0.15, 0.2) is 0 Å². The summed E-state index contributed by atoms with van der Waals surface area (Å²) < 4.78 is 0. The average Bonchev–Trinajstić information content (AvgIpc) is 2.56. The van der Waals surface area contributed by atoms with Crippen molar-refractivity contribution < 1.29 is 0 Å². The molecule has 0 aromatic carbocycles. The van der Waals surface area contributed by atoms with E-state index in [1.807, 2.05) is 6.92 Å². The van der Waals surface area contributed by atoms with Crippen LogP contribution in [0.1, 0.15) is 19.8 Å². The van der Waals surface area contributed by atoms with Crippen molar-refractivity contribution in [1.82, 2.24) is 10.2 Å². The van der Waals surface area contributed by atoms with E-state index in [-0.39, 0.29) is 5.92 Å². The van der Waals surface area contributed by atoms with Gasteiger partial charge in [0.25, 0.3) is 0 Å². The molecule has 0 aromatic rings. The lowest BCUT2D eigenvalue weighted by Crippen LogP contribution is -2.37. The van der Waals surface area contributed by atoms with Gasteiger partial charge in [-0.05, 0) is 33.4 Å². The molecule has 2 unspecified atom stereocenters. The fourth-order valence-electron chi connectivity index (χ4n) is 1.87. The van der Waals surface area contributed by atoms with Crippen molar-refractivity contribution in [2.45, 2.75) is 25.8 Å². The third-order valence-corrected chi connectivity index (χ3v) is 2.50. The second-order valence-corrected chi connectivity index (χ2v) is 4.04. The minimum Gasteiger partial charge on any atom is -0.313 e. The molecule has 1 N–H and O–H groups in total. The van der Waals surface area contributed by atoms with Crippen LogP contribution in [0.3, 0.4) is 0 Å². The molecule has 1 fully saturated rings. The predicted octanol–water partition coefficient (Wildman–Crippen LogP) is 0.830. The van der Waals surface area contributed by atoms with Crippen molar-refractivity contribution in [3.05, 3.63) is 0 Å². The summed E-state index contributed by atoms with van der Waals surface area (Å²) in [4.78, 5) is 2.25. The van der Waals surface area contributed by atoms with Gasteiger partial charge >= 0.3 is 0 Å². The second-order valence-electron chi connectivity index (χ2n) is 4.04. The summed E-state index contributed by atoms with van der Waals surface area (Å²) in [5.74, 6) is 0.145. The van der Waals surface area contributed by atoms with Crippen LogP contribution < -0.4 is 5.32 Å². The summed E-state index contributed by atoms with van der Waals surface area (Å²) in [6.45, 7) is 5.09. The van der Waals surface area contributed by atoms with E-state index in [9.17, 15) is 0 Å². The Morgan fingerprint density at radius 2 is 2.46 bits per heavy atom. The highest BCUT2D eigenvalue weighted by atomic mass is 15.1. The van der Waals surface area contributed by atoms with Crippen molar-refractivity contribution in [2.24, 2.45) is 5.92 Å². The third kappa shape index (κ3) is 3.75. The lowest BCUT2D eigenvalue weighted by Gasteiger charge is -2.21. The monoisotopic (exact) mass is 181 g/mol. The SMILES string of the molecule is CC(C#N)CN(C)CC1CCCN1. The van der Waals surface area contributed by atoms with Gasteiger partial charge in [-0.2, -0.15) is 5.26 Å². The van der Waals surface area contributed by atoms with E-state index in [1.165, 1.54) is 12.8 Å². The van der Waals surface area contributed by atoms with E-state index in [4.69, 9.17) is 5.26 Å². The number of likely N-dealkylation sites (N-methyl/N-ethyl adjacent to an activating group) is 1. The molecule has 0 spiro atoms. The molecular weight excluding hydrogens is 162 g/mol. The van der Waals surface area contributed by atoms with Crippen molar-refractivity contribution in [3.8, 4) is 6.07 Å². The normalized spacial score (nSPS) is 24.6. The Hall–Kier alpha value is -0.590. The first-order valence-electron chi connectivity index (χ1n) is 5.04. The summed E-state index contributed by atoms with van der Waals surface area (Å²) in [5, 5.41) is 12.1. The van der Waals surface area contributed by atoms with Crippen molar-refractivity contribution >= 4 is 0 Å². The highest BCUT2D eigenvalue weighted by molar-refractivity contribution is 4.83. The van der Waals surface area contributed by atoms with Gasteiger partial charge in [-0.3, -0.25) is 0 Å². The van der Waals surface area contributed by atoms with Gasteiger partial charge in [-0.1, -0.05) is 0 Å². The van der Waals surface area contributed by atoms with Gasteiger partial charge in [-0.15, -0.1) is 0 Å². The Kier molecular flexibility index (Phi) is 4.20. The average molecular weight is 181 g/mol. The molecule has 0 amide bonds. The molecule has 0 aromatic heterocycles. The van der Waals surface area contributed by atoms with Gasteiger partial charge in [0.05, 0.1) is 12.0 Å². The Balaban J connectivity index is 2.16. The number of nitrogens with zero attached hydrogens (tertiary/aromatic N) is 2. The molecule has 1 aliphatic heterocycles. The third-order valence-electron chi connectivity index (χ3n) is 2.50. The first kappa shape index (κ1) is 10.5. The predicted molar refractivity (Wildman–Crippen MR) is 53.3 cm³/mol. The fraction of sp³-hybridized carbons (Fsp3) is 0.900. The van der Waals surface area contributed by atoms with Crippen LogP contribution in [0.4, 0.5) is 0 Å². The molecule has 3 heteroatoms. The van der Waals surface area contributed by atoms with Crippen LogP contribution in [0.25, 0.3) is 0 Å². The van der Waals surface area contributed by atoms with Crippen molar-refractivity contribution in [1.29, 1.82) is 5.26 Å². The molecule has 1 saturated heterocycles. The van der Waals surface area contributed by atoms with Crippen LogP contribution in [0.15, 0.2) is 0 Å². The smallest absolute Gasteiger partial charge is 0.0666 e. The minimum atomic E-state index is 0.145. The Bertz CT molecular complexity index is 179. The van der Waals surface area contributed by atoms with Gasteiger partial charge in [0.2, 0.25) is 0 Å². The van der Waals surface area contributed by atoms with Crippen LogP contribution in [-0.4, -0.2) is 37.6 Å². The van der Waals surface area contributed by atoms with Crippen molar-refractivity contribution in [3.63, 3.8) is 0 Å². The quantitative estimate of drug-likeness (QED) is 0.698. The molecule has 0 bridgehead atoms. The highest BCUT2D eigenvalue weighted by Gasteiger charge is 2.16. The van der Waals surface area contributed by atoms with Crippen LogP contribution in [0, 0.1) is 17.2 Å². The summed E-state index contributed by atoms with van der Waals surface area (Å²) in [6.07, 6.45) is 2.58. The van der Waals surface area contributed by atoms with E-state index in [0.29, 0.717) is 6.04 Å². The minimum absolute atomic E-state index is 0.145. The summed E-state index contributed by atoms with van der Waals surface area (Å²) in [5.41, 5.74) is 0. The van der Waals surface area contributed by atoms with Crippen LogP contribution >= 0.6 is 0 Å². The highest BCUT2D eigenvalue weighted by Crippen LogP contribution is 2.06. The molecule has 0 radical (unpaired) electrons. The van der Waals surface area contributed by atoms with Gasteiger partial charge < -0.3 is 10.2 Å². The molecule has 3 nitrogen and oxygen atoms in total. The van der Waals surface area contributed by atoms with Gasteiger partial charge in [-0.25, -0.2) is 0 Å². The Labute approximate surface area is 80.7 Å². The molecule has 1 rings (SSSR count). The Morgan fingerprint density at radius 3 is 3.00 bits per heavy atom. The first-order chi connectivity index (χ1) is 6.22. The van der Waals surface area contributed by atoms with E-state index in [1.54, 1.807) is 0 Å². The summed E-state index contributed by atoms with van der Waals surface area (Å²) >= 11 is 0. The number of rotatable bonds is 4. The zero-order valence-electron chi connectivity index (χ0n) is 8.58. The molecule has 0 saturated carbocycles. The summed E-state index contributed by atoms with van der Waals surface area (Å²) in [6, 6.07) is 2.91. The standard InChI is InChI=1S/C10H19N3/c1-9(6-11)7-13(2)8-10-4-3-5-12-10/h9-10,12H,3-5,7-8H2,1-2H3. The molecule has 1 heterocycles. The zero-order valence-corrected chi connectivity index (χ0v) is 8.58. The van der Waals surface area contributed by atoms with Crippen molar-refractivity contribution in [2.75, 3.05) is 26.7 Å². The Morgan fingerprint density at radius 1 is 1.69 bits per heavy atom. The maximum absolute atomic E-state index is 8.65.